The van der Waals surface area contributed by atoms with Gasteiger partial charge in [0.05, 0.1) is 33.3 Å². The first-order valence-electron chi connectivity index (χ1n) is 13.6. The summed E-state index contributed by atoms with van der Waals surface area (Å²) in [5.41, 5.74) is -6.60. The lowest BCUT2D eigenvalue weighted by Crippen LogP contribution is -2.22. The van der Waals surface area contributed by atoms with Crippen molar-refractivity contribution in [1.29, 1.82) is 0 Å². The van der Waals surface area contributed by atoms with E-state index in [0.717, 1.165) is 24.9 Å². The van der Waals surface area contributed by atoms with E-state index in [-0.39, 0.29) is 22.3 Å². The van der Waals surface area contributed by atoms with Crippen molar-refractivity contribution in [2.24, 2.45) is 0 Å². The Morgan fingerprint density at radius 3 is 1.28 bits per heavy atom. The molecule has 2 aromatic carbocycles. The number of rotatable bonds is 8. The molecule has 0 spiro atoms. The molecular weight excluding hydrogens is 666 g/mol. The molecule has 46 heavy (non-hydrogen) atoms. The number of carbonyl (C=O) groups is 1. The van der Waals surface area contributed by atoms with E-state index in [9.17, 15) is 43.2 Å². The van der Waals surface area contributed by atoms with Crippen molar-refractivity contribution in [1.82, 2.24) is 10.3 Å². The summed E-state index contributed by atoms with van der Waals surface area (Å²) in [6.07, 6.45) is -4.55. The summed E-state index contributed by atoms with van der Waals surface area (Å²) in [6, 6.07) is 1.16. The van der Waals surface area contributed by atoms with E-state index in [1.54, 1.807) is 0 Å². The van der Waals surface area contributed by atoms with Gasteiger partial charge < -0.3 is 9.05 Å². The third-order valence-electron chi connectivity index (χ3n) is 7.90. The molecule has 2 heterocycles. The van der Waals surface area contributed by atoms with Crippen LogP contribution >= 0.6 is 0 Å². The summed E-state index contributed by atoms with van der Waals surface area (Å²) in [7, 11) is -9.54. The van der Waals surface area contributed by atoms with Crippen LogP contribution in [0.3, 0.4) is 0 Å². The van der Waals surface area contributed by atoms with Crippen LogP contribution in [-0.4, -0.2) is 45.4 Å². The number of ketones is 1. The minimum absolute atomic E-state index is 0.195. The molecule has 6 rings (SSSR count). The highest BCUT2D eigenvalue weighted by Crippen LogP contribution is 2.53. The fraction of sp³-hybridized carbons (Fsp3) is 0.345. The maximum Gasteiger partial charge on any atom is 0.417 e. The normalized spacial score (nSPS) is 16.2. The number of benzene rings is 2. The Labute approximate surface area is 257 Å². The number of hydrogen-bond donors (Lipinski definition) is 0. The first-order chi connectivity index (χ1) is 21.3. The van der Waals surface area contributed by atoms with Crippen molar-refractivity contribution >= 4 is 25.5 Å². The summed E-state index contributed by atoms with van der Waals surface area (Å²) in [4.78, 5) is 12.5. The first-order valence-corrected chi connectivity index (χ1v) is 17.4. The number of sulfone groups is 2. The molecule has 17 heteroatoms. The summed E-state index contributed by atoms with van der Waals surface area (Å²) in [5.74, 6) is -2.45. The van der Waals surface area contributed by atoms with Gasteiger partial charge in [-0.3, -0.25) is 4.79 Å². The van der Waals surface area contributed by atoms with Crippen LogP contribution in [-0.2, 0) is 32.0 Å². The second-order valence-electron chi connectivity index (χ2n) is 11.4. The molecule has 2 fully saturated rings. The van der Waals surface area contributed by atoms with E-state index in [1.807, 2.05) is 0 Å². The van der Waals surface area contributed by atoms with Crippen molar-refractivity contribution in [2.75, 3.05) is 12.5 Å². The maximum absolute atomic E-state index is 15.0. The van der Waals surface area contributed by atoms with Crippen LogP contribution in [0.5, 0.6) is 0 Å². The van der Waals surface area contributed by atoms with Crippen LogP contribution in [0.2, 0.25) is 0 Å². The van der Waals surface area contributed by atoms with E-state index in [0.29, 0.717) is 50.3 Å². The van der Waals surface area contributed by atoms with E-state index in [2.05, 4.69) is 10.3 Å². The van der Waals surface area contributed by atoms with E-state index < -0.39 is 92.8 Å². The lowest BCUT2D eigenvalue weighted by Gasteiger charge is -2.25. The number of hydrogen-bond acceptors (Lipinski definition) is 9. The van der Waals surface area contributed by atoms with Crippen LogP contribution in [0.1, 0.15) is 75.7 Å². The van der Waals surface area contributed by atoms with Crippen molar-refractivity contribution in [2.45, 2.75) is 59.7 Å². The second-order valence-corrected chi connectivity index (χ2v) is 15.3. The Morgan fingerprint density at radius 1 is 0.696 bits per heavy atom. The minimum Gasteiger partial charge on any atom is -0.364 e. The quantitative estimate of drug-likeness (QED) is 0.144. The molecule has 4 aromatic rings. The van der Waals surface area contributed by atoms with Gasteiger partial charge in [0.1, 0.15) is 12.5 Å². The fourth-order valence-electron chi connectivity index (χ4n) is 5.82. The molecule has 0 N–H and O–H groups in total. The number of alkyl halides is 6. The van der Waals surface area contributed by atoms with Crippen LogP contribution in [0.15, 0.2) is 55.9 Å². The molecule has 244 valence electrons. The van der Waals surface area contributed by atoms with Crippen molar-refractivity contribution in [3.05, 3.63) is 70.4 Å². The zero-order valence-corrected chi connectivity index (χ0v) is 25.4. The molecule has 0 atom stereocenters. The Balaban J connectivity index is 1.84. The van der Waals surface area contributed by atoms with Gasteiger partial charge in [-0.1, -0.05) is 10.3 Å². The highest BCUT2D eigenvalue weighted by atomic mass is 32.2. The number of nitrogens with zero attached hydrogens (tertiary/aromatic N) is 2. The molecule has 0 saturated heterocycles. The van der Waals surface area contributed by atoms with Crippen molar-refractivity contribution < 1.29 is 57.0 Å². The topological polar surface area (TPSA) is 137 Å². The summed E-state index contributed by atoms with van der Waals surface area (Å²) in [5, 5.41) is 6.98. The van der Waals surface area contributed by atoms with Gasteiger partial charge in [0, 0.05) is 45.9 Å². The average molecular weight is 689 g/mol. The molecule has 0 unspecified atom stereocenters. The van der Waals surface area contributed by atoms with Crippen LogP contribution < -0.4 is 0 Å². The molecule has 2 aromatic heterocycles. The van der Waals surface area contributed by atoms with Crippen LogP contribution in [0.25, 0.3) is 22.3 Å². The van der Waals surface area contributed by atoms with Crippen molar-refractivity contribution in [3.63, 3.8) is 0 Å². The summed E-state index contributed by atoms with van der Waals surface area (Å²) < 4.78 is 149. The third-order valence-corrected chi connectivity index (χ3v) is 10.2. The van der Waals surface area contributed by atoms with Gasteiger partial charge in [0.25, 0.3) is 0 Å². The van der Waals surface area contributed by atoms with E-state index in [1.165, 1.54) is 0 Å². The molecule has 2 saturated carbocycles. The molecule has 0 radical (unpaired) electrons. The smallest absolute Gasteiger partial charge is 0.364 e. The third kappa shape index (κ3) is 5.63. The Morgan fingerprint density at radius 2 is 1.04 bits per heavy atom. The Kier molecular flexibility index (Phi) is 7.31. The van der Waals surface area contributed by atoms with Crippen molar-refractivity contribution in [3.8, 4) is 22.3 Å². The van der Waals surface area contributed by atoms with Gasteiger partial charge in [-0.05, 0) is 60.8 Å². The van der Waals surface area contributed by atoms with Gasteiger partial charge in [-0.2, -0.15) is 26.3 Å². The Bertz CT molecular complexity index is 1950. The predicted molar refractivity (Wildman–Crippen MR) is 147 cm³/mol. The van der Waals surface area contributed by atoms with Gasteiger partial charge in [0.15, 0.2) is 25.5 Å². The molecule has 9 nitrogen and oxygen atoms in total. The highest BCUT2D eigenvalue weighted by Gasteiger charge is 2.46. The molecule has 0 aliphatic heterocycles. The van der Waals surface area contributed by atoms with Crippen LogP contribution in [0.4, 0.5) is 26.3 Å². The van der Waals surface area contributed by atoms with Gasteiger partial charge in [0.2, 0.25) is 0 Å². The Hall–Kier alpha value is -3.99. The molecular formula is C29H22F6N2O7S2. The summed E-state index contributed by atoms with van der Waals surface area (Å²) in [6.45, 7) is 0. The largest absolute Gasteiger partial charge is 0.417 e. The lowest BCUT2D eigenvalue weighted by atomic mass is 9.82. The van der Waals surface area contributed by atoms with Gasteiger partial charge in [-0.25, -0.2) is 16.8 Å². The van der Waals surface area contributed by atoms with Gasteiger partial charge >= 0.3 is 12.4 Å². The number of halogens is 6. The zero-order chi connectivity index (χ0) is 33.6. The molecule has 0 amide bonds. The maximum atomic E-state index is 15.0. The fourth-order valence-corrected chi connectivity index (χ4v) is 8.15. The SMILES string of the molecule is CS(=O)(=O)c1c(C(F)(F)F)cc(C2CC2)c(C(=O)c2c(C3CC3)cc(C(F)(F)F)c(S(C)(=O)=O)c2-c2cnoc2)c1-c1cnoc1. The molecule has 2 aliphatic rings. The monoisotopic (exact) mass is 688 g/mol. The summed E-state index contributed by atoms with van der Waals surface area (Å²) >= 11 is 0. The standard InChI is InChI=1S/C29H22F6N2O7S2/c1-45(39,40)26-19(28(30,31)32)7-17(13-3-4-13)23(21(26)15-9-36-43-11-15)25(38)24-18(14-5-6-14)8-20(29(33,34)35)27(46(2,41)42)22(24)16-10-37-44-12-16/h7-14H,3-6H2,1-2H3. The van der Waals surface area contributed by atoms with E-state index in [4.69, 9.17) is 9.05 Å². The molecule has 0 bridgehead atoms. The minimum atomic E-state index is -5.21. The highest BCUT2D eigenvalue weighted by molar-refractivity contribution is 7.91. The number of carbonyl (C=O) groups excluding carboxylic acids is 1. The predicted octanol–water partition coefficient (Wildman–Crippen LogP) is 6.83. The first kappa shape index (κ1) is 32.0. The van der Waals surface area contributed by atoms with Crippen LogP contribution in [0, 0.1) is 0 Å². The second kappa shape index (κ2) is 10.5. The van der Waals surface area contributed by atoms with Gasteiger partial charge in [-0.15, -0.1) is 0 Å². The van der Waals surface area contributed by atoms with E-state index >= 15 is 4.79 Å². The number of aromatic nitrogens is 2. The average Bonchev–Trinajstić information content (AvgIpc) is 3.85. The molecule has 2 aliphatic carbocycles. The zero-order valence-electron chi connectivity index (χ0n) is 23.8. The lowest BCUT2D eigenvalue weighted by molar-refractivity contribution is -0.140.